The van der Waals surface area contributed by atoms with Crippen LogP contribution in [0.3, 0.4) is 0 Å². The second-order valence-corrected chi connectivity index (χ2v) is 4.81. The van der Waals surface area contributed by atoms with E-state index in [0.717, 1.165) is 10.0 Å². The fourth-order valence-corrected chi connectivity index (χ4v) is 1.84. The highest BCUT2D eigenvalue weighted by Gasteiger charge is 2.12. The standard InChI is InChI=1S/C12H11BrN4O2/c1-8-9(3-2-4-11(8)17(18)19)5-14-12-15-6-10(13)7-16-12/h2-4,6-7H,5H2,1H3,(H,14,15,16). The monoisotopic (exact) mass is 322 g/mol. The zero-order valence-electron chi connectivity index (χ0n) is 10.1. The number of nitrogens with zero attached hydrogens (tertiary/aromatic N) is 3. The van der Waals surface area contributed by atoms with Crippen molar-refractivity contribution in [1.29, 1.82) is 0 Å². The summed E-state index contributed by atoms with van der Waals surface area (Å²) in [7, 11) is 0. The van der Waals surface area contributed by atoms with Crippen LogP contribution in [0.15, 0.2) is 35.1 Å². The smallest absolute Gasteiger partial charge is 0.272 e. The van der Waals surface area contributed by atoms with Crippen LogP contribution >= 0.6 is 15.9 Å². The molecule has 2 rings (SSSR count). The Morgan fingerprint density at radius 1 is 1.37 bits per heavy atom. The van der Waals surface area contributed by atoms with Crippen LogP contribution < -0.4 is 5.32 Å². The zero-order valence-corrected chi connectivity index (χ0v) is 11.7. The van der Waals surface area contributed by atoms with Gasteiger partial charge in [-0.3, -0.25) is 10.1 Å². The third kappa shape index (κ3) is 3.25. The summed E-state index contributed by atoms with van der Waals surface area (Å²) in [6.45, 7) is 2.17. The molecule has 98 valence electrons. The Kier molecular flexibility index (Phi) is 4.06. The van der Waals surface area contributed by atoms with Gasteiger partial charge in [-0.15, -0.1) is 0 Å². The minimum Gasteiger partial charge on any atom is -0.350 e. The van der Waals surface area contributed by atoms with Crippen molar-refractivity contribution in [3.8, 4) is 0 Å². The summed E-state index contributed by atoms with van der Waals surface area (Å²) < 4.78 is 0.796. The van der Waals surface area contributed by atoms with Gasteiger partial charge in [0.15, 0.2) is 0 Å². The van der Waals surface area contributed by atoms with E-state index in [-0.39, 0.29) is 10.6 Å². The number of rotatable bonds is 4. The molecule has 0 unspecified atom stereocenters. The minimum atomic E-state index is -0.380. The van der Waals surface area contributed by atoms with Gasteiger partial charge in [0.05, 0.1) is 9.40 Å². The number of hydrogen-bond acceptors (Lipinski definition) is 5. The summed E-state index contributed by atoms with van der Waals surface area (Å²) in [5, 5.41) is 13.9. The van der Waals surface area contributed by atoms with Crippen LogP contribution in [0.25, 0.3) is 0 Å². The van der Waals surface area contributed by atoms with Crippen molar-refractivity contribution in [3.05, 3.63) is 56.3 Å². The number of nitrogens with one attached hydrogen (secondary N) is 1. The van der Waals surface area contributed by atoms with E-state index in [1.54, 1.807) is 25.4 Å². The van der Waals surface area contributed by atoms with E-state index >= 15 is 0 Å². The van der Waals surface area contributed by atoms with Gasteiger partial charge in [0.1, 0.15) is 0 Å². The summed E-state index contributed by atoms with van der Waals surface area (Å²) in [5.74, 6) is 0.481. The Hall–Kier alpha value is -2.02. The van der Waals surface area contributed by atoms with Crippen molar-refractivity contribution in [2.45, 2.75) is 13.5 Å². The fraction of sp³-hybridized carbons (Fsp3) is 0.167. The number of benzene rings is 1. The summed E-state index contributed by atoms with van der Waals surface area (Å²) >= 11 is 3.25. The Labute approximate surface area is 118 Å². The first-order valence-electron chi connectivity index (χ1n) is 5.52. The van der Waals surface area contributed by atoms with Gasteiger partial charge in [-0.05, 0) is 28.4 Å². The lowest BCUT2D eigenvalue weighted by Crippen LogP contribution is -2.05. The minimum absolute atomic E-state index is 0.121. The second-order valence-electron chi connectivity index (χ2n) is 3.90. The summed E-state index contributed by atoms with van der Waals surface area (Å²) in [4.78, 5) is 18.6. The molecular weight excluding hydrogens is 312 g/mol. The van der Waals surface area contributed by atoms with E-state index in [0.29, 0.717) is 18.1 Å². The first-order chi connectivity index (χ1) is 9.08. The summed E-state index contributed by atoms with van der Waals surface area (Å²) in [6.07, 6.45) is 3.27. The SMILES string of the molecule is Cc1c(CNc2ncc(Br)cn2)cccc1[N+](=O)[O-]. The number of aromatic nitrogens is 2. The van der Waals surface area contributed by atoms with Crippen LogP contribution in [0.4, 0.5) is 11.6 Å². The Morgan fingerprint density at radius 2 is 2.05 bits per heavy atom. The molecule has 0 fully saturated rings. The molecule has 1 N–H and O–H groups in total. The number of hydrogen-bond donors (Lipinski definition) is 1. The molecule has 0 aliphatic heterocycles. The van der Waals surface area contributed by atoms with E-state index in [9.17, 15) is 10.1 Å². The fourth-order valence-electron chi connectivity index (χ4n) is 1.64. The predicted molar refractivity (Wildman–Crippen MR) is 74.9 cm³/mol. The molecule has 2 aromatic rings. The van der Waals surface area contributed by atoms with Gasteiger partial charge in [-0.25, -0.2) is 9.97 Å². The maximum absolute atomic E-state index is 10.8. The number of nitro benzene ring substituents is 1. The maximum Gasteiger partial charge on any atom is 0.272 e. The van der Waals surface area contributed by atoms with Gasteiger partial charge in [-0.1, -0.05) is 12.1 Å². The van der Waals surface area contributed by atoms with E-state index in [1.807, 2.05) is 6.07 Å². The van der Waals surface area contributed by atoms with E-state index in [1.165, 1.54) is 6.07 Å². The molecule has 0 spiro atoms. The second kappa shape index (κ2) is 5.75. The zero-order chi connectivity index (χ0) is 13.8. The molecule has 1 heterocycles. The lowest BCUT2D eigenvalue weighted by atomic mass is 10.1. The molecule has 0 amide bonds. The molecule has 19 heavy (non-hydrogen) atoms. The van der Waals surface area contributed by atoms with Gasteiger partial charge in [0.25, 0.3) is 5.69 Å². The van der Waals surface area contributed by atoms with Gasteiger partial charge in [0.2, 0.25) is 5.95 Å². The molecule has 0 aliphatic rings. The highest BCUT2D eigenvalue weighted by Crippen LogP contribution is 2.21. The van der Waals surface area contributed by atoms with Crippen LogP contribution in [0, 0.1) is 17.0 Å². The Bertz CT molecular complexity index is 601. The third-order valence-corrected chi connectivity index (χ3v) is 3.08. The van der Waals surface area contributed by atoms with Crippen molar-refractivity contribution in [1.82, 2.24) is 9.97 Å². The Balaban J connectivity index is 2.13. The summed E-state index contributed by atoms with van der Waals surface area (Å²) in [5.41, 5.74) is 1.62. The van der Waals surface area contributed by atoms with E-state index in [2.05, 4.69) is 31.2 Å². The number of halogens is 1. The third-order valence-electron chi connectivity index (χ3n) is 2.67. The number of nitro groups is 1. The molecule has 1 aromatic carbocycles. The molecule has 0 saturated heterocycles. The van der Waals surface area contributed by atoms with Crippen molar-refractivity contribution in [3.63, 3.8) is 0 Å². The lowest BCUT2D eigenvalue weighted by Gasteiger charge is -2.07. The molecule has 0 saturated carbocycles. The maximum atomic E-state index is 10.8. The van der Waals surface area contributed by atoms with Gasteiger partial charge in [-0.2, -0.15) is 0 Å². The molecule has 0 aliphatic carbocycles. The van der Waals surface area contributed by atoms with Crippen molar-refractivity contribution in [2.75, 3.05) is 5.32 Å². The Morgan fingerprint density at radius 3 is 2.68 bits per heavy atom. The molecule has 1 aromatic heterocycles. The van der Waals surface area contributed by atoms with Crippen LogP contribution in [0.5, 0.6) is 0 Å². The van der Waals surface area contributed by atoms with Crippen molar-refractivity contribution >= 4 is 27.6 Å². The first kappa shape index (κ1) is 13.4. The van der Waals surface area contributed by atoms with Crippen LogP contribution in [0.2, 0.25) is 0 Å². The lowest BCUT2D eigenvalue weighted by molar-refractivity contribution is -0.385. The topological polar surface area (TPSA) is 81.0 Å². The molecule has 6 nitrogen and oxygen atoms in total. The molecule has 0 bridgehead atoms. The van der Waals surface area contributed by atoms with Gasteiger partial charge in [0, 0.05) is 30.6 Å². The quantitative estimate of drug-likeness (QED) is 0.691. The van der Waals surface area contributed by atoms with Crippen LogP contribution in [-0.2, 0) is 6.54 Å². The molecule has 0 atom stereocenters. The van der Waals surface area contributed by atoms with E-state index in [4.69, 9.17) is 0 Å². The van der Waals surface area contributed by atoms with E-state index < -0.39 is 0 Å². The van der Waals surface area contributed by atoms with Crippen molar-refractivity contribution in [2.24, 2.45) is 0 Å². The average Bonchev–Trinajstić information content (AvgIpc) is 2.39. The van der Waals surface area contributed by atoms with Gasteiger partial charge >= 0.3 is 0 Å². The van der Waals surface area contributed by atoms with Crippen LogP contribution in [-0.4, -0.2) is 14.9 Å². The number of anilines is 1. The predicted octanol–water partition coefficient (Wildman–Crippen LogP) is 3.07. The summed E-state index contributed by atoms with van der Waals surface area (Å²) in [6, 6.07) is 5.01. The first-order valence-corrected chi connectivity index (χ1v) is 6.31. The highest BCUT2D eigenvalue weighted by molar-refractivity contribution is 9.10. The van der Waals surface area contributed by atoms with Gasteiger partial charge < -0.3 is 5.32 Å². The van der Waals surface area contributed by atoms with Crippen LogP contribution in [0.1, 0.15) is 11.1 Å². The molecule has 7 heteroatoms. The highest BCUT2D eigenvalue weighted by atomic mass is 79.9. The largest absolute Gasteiger partial charge is 0.350 e. The average molecular weight is 323 g/mol. The molecule has 0 radical (unpaired) electrons. The normalized spacial score (nSPS) is 10.2. The molecular formula is C12H11BrN4O2. The van der Waals surface area contributed by atoms with Crippen molar-refractivity contribution < 1.29 is 4.92 Å².